The van der Waals surface area contributed by atoms with Gasteiger partial charge in [0.05, 0.1) is 17.6 Å². The van der Waals surface area contributed by atoms with Gasteiger partial charge < -0.3 is 19.4 Å². The number of anilines is 1. The van der Waals surface area contributed by atoms with E-state index in [0.29, 0.717) is 24.8 Å². The van der Waals surface area contributed by atoms with E-state index in [-0.39, 0.29) is 12.5 Å². The van der Waals surface area contributed by atoms with Crippen molar-refractivity contribution < 1.29 is 14.3 Å². The van der Waals surface area contributed by atoms with Crippen molar-refractivity contribution in [3.63, 3.8) is 0 Å². The summed E-state index contributed by atoms with van der Waals surface area (Å²) in [6.45, 7) is 8.24. The van der Waals surface area contributed by atoms with Crippen molar-refractivity contribution in [3.8, 4) is 5.75 Å². The van der Waals surface area contributed by atoms with Gasteiger partial charge in [0.1, 0.15) is 18.2 Å². The smallest absolute Gasteiger partial charge is 0.262 e. The number of benzene rings is 2. The van der Waals surface area contributed by atoms with Crippen LogP contribution in [0.1, 0.15) is 36.7 Å². The third-order valence-corrected chi connectivity index (χ3v) is 4.95. The van der Waals surface area contributed by atoms with Crippen LogP contribution in [0.2, 0.25) is 0 Å². The Balaban J connectivity index is 1.45. The number of hydrogen-bond donors (Lipinski definition) is 1. The Hall–Kier alpha value is -2.86. The van der Waals surface area contributed by atoms with Gasteiger partial charge in [-0.2, -0.15) is 0 Å². The number of nitrogens with one attached hydrogen (secondary N) is 1. The molecule has 1 amide bonds. The van der Waals surface area contributed by atoms with Crippen LogP contribution in [-0.4, -0.2) is 28.7 Å². The van der Waals surface area contributed by atoms with Gasteiger partial charge in [-0.05, 0) is 48.2 Å². The van der Waals surface area contributed by atoms with Crippen LogP contribution in [0, 0.1) is 6.92 Å². The predicted molar refractivity (Wildman–Crippen MR) is 109 cm³/mol. The van der Waals surface area contributed by atoms with Crippen molar-refractivity contribution in [1.82, 2.24) is 9.55 Å². The molecule has 0 spiro atoms. The first kappa shape index (κ1) is 18.5. The third kappa shape index (κ3) is 3.73. The minimum absolute atomic E-state index is 0.0330. The van der Waals surface area contributed by atoms with Crippen molar-refractivity contribution in [2.45, 2.75) is 39.8 Å². The van der Waals surface area contributed by atoms with Gasteiger partial charge >= 0.3 is 0 Å². The van der Waals surface area contributed by atoms with E-state index in [4.69, 9.17) is 9.47 Å². The van der Waals surface area contributed by atoms with E-state index in [1.165, 1.54) is 0 Å². The Labute approximate surface area is 164 Å². The summed E-state index contributed by atoms with van der Waals surface area (Å²) in [5.41, 5.74) is 4.85. The molecule has 3 aromatic rings. The molecule has 2 aromatic carbocycles. The first-order valence-electron chi connectivity index (χ1n) is 9.61. The number of hydrogen-bond acceptors (Lipinski definition) is 4. The van der Waals surface area contributed by atoms with Crippen molar-refractivity contribution in [1.29, 1.82) is 0 Å². The zero-order valence-electron chi connectivity index (χ0n) is 16.5. The number of aromatic nitrogens is 2. The number of nitrogens with zero attached hydrogens (tertiary/aromatic N) is 2. The van der Waals surface area contributed by atoms with Crippen LogP contribution in [-0.2, 0) is 22.7 Å². The molecular weight excluding hydrogens is 354 g/mol. The highest BCUT2D eigenvalue weighted by Crippen LogP contribution is 2.27. The summed E-state index contributed by atoms with van der Waals surface area (Å²) in [6, 6.07) is 11.9. The predicted octanol–water partition coefficient (Wildman–Crippen LogP) is 4.02. The first-order valence-corrected chi connectivity index (χ1v) is 9.61. The lowest BCUT2D eigenvalue weighted by Crippen LogP contribution is -2.20. The van der Waals surface area contributed by atoms with E-state index in [1.54, 1.807) is 0 Å². The van der Waals surface area contributed by atoms with Gasteiger partial charge in [-0.25, -0.2) is 4.98 Å². The molecule has 0 saturated heterocycles. The minimum Gasteiger partial charge on any atom is -0.483 e. The summed E-state index contributed by atoms with van der Waals surface area (Å²) >= 11 is 0. The molecule has 6 heteroatoms. The highest BCUT2D eigenvalue weighted by molar-refractivity contribution is 5.94. The maximum Gasteiger partial charge on any atom is 0.262 e. The van der Waals surface area contributed by atoms with Gasteiger partial charge in [0.15, 0.2) is 6.61 Å². The maximum absolute atomic E-state index is 12.4. The Morgan fingerprint density at radius 2 is 2.14 bits per heavy atom. The Bertz CT molecular complexity index is 1020. The Morgan fingerprint density at radius 1 is 1.29 bits per heavy atom. The standard InChI is InChI=1S/C22H25N3O3/c1-14(2)17-6-4-15(3)10-20(17)28-13-22(26)23-16-5-7-19-18(11-16)24-21-12-27-9-8-25(19)21/h4-7,10-11,14H,8-9,12-13H2,1-3H3,(H,23,26). The molecule has 0 unspecified atom stereocenters. The number of imidazole rings is 1. The second kappa shape index (κ2) is 7.64. The summed E-state index contributed by atoms with van der Waals surface area (Å²) in [4.78, 5) is 17.0. The van der Waals surface area contributed by atoms with Crippen LogP contribution in [0.5, 0.6) is 5.75 Å². The van der Waals surface area contributed by atoms with Crippen molar-refractivity contribution in [2.75, 3.05) is 18.5 Å². The number of fused-ring (bicyclic) bond motifs is 3. The highest BCUT2D eigenvalue weighted by atomic mass is 16.5. The van der Waals surface area contributed by atoms with Crippen LogP contribution < -0.4 is 10.1 Å². The van der Waals surface area contributed by atoms with Gasteiger partial charge in [-0.1, -0.05) is 26.0 Å². The molecule has 1 N–H and O–H groups in total. The monoisotopic (exact) mass is 379 g/mol. The number of amides is 1. The number of ether oxygens (including phenoxy) is 2. The summed E-state index contributed by atoms with van der Waals surface area (Å²) in [6.07, 6.45) is 0. The lowest BCUT2D eigenvalue weighted by molar-refractivity contribution is -0.118. The number of rotatable bonds is 5. The molecule has 1 aliphatic heterocycles. The molecule has 0 radical (unpaired) electrons. The van der Waals surface area contributed by atoms with Crippen molar-refractivity contribution >= 4 is 22.6 Å². The quantitative estimate of drug-likeness (QED) is 0.727. The van der Waals surface area contributed by atoms with E-state index in [1.807, 2.05) is 31.2 Å². The second-order valence-electron chi connectivity index (χ2n) is 7.47. The average Bonchev–Trinajstić information content (AvgIpc) is 3.04. The van der Waals surface area contributed by atoms with Gasteiger partial charge in [-0.3, -0.25) is 4.79 Å². The fourth-order valence-corrected chi connectivity index (χ4v) is 3.52. The van der Waals surface area contributed by atoms with Crippen molar-refractivity contribution in [3.05, 3.63) is 53.3 Å². The van der Waals surface area contributed by atoms with Gasteiger partial charge in [-0.15, -0.1) is 0 Å². The van der Waals surface area contributed by atoms with Crippen molar-refractivity contribution in [2.24, 2.45) is 0 Å². The normalized spacial score (nSPS) is 13.6. The molecule has 1 aliphatic rings. The molecule has 0 saturated carbocycles. The van der Waals surface area contributed by atoms with E-state index < -0.39 is 0 Å². The molecule has 1 aromatic heterocycles. The summed E-state index contributed by atoms with van der Waals surface area (Å²) < 4.78 is 13.4. The van der Waals surface area contributed by atoms with E-state index in [2.05, 4.69) is 40.8 Å². The van der Waals surface area contributed by atoms with E-state index >= 15 is 0 Å². The molecule has 28 heavy (non-hydrogen) atoms. The highest BCUT2D eigenvalue weighted by Gasteiger charge is 2.16. The second-order valence-corrected chi connectivity index (χ2v) is 7.47. The van der Waals surface area contributed by atoms with Crippen LogP contribution in [0.3, 0.4) is 0 Å². The molecule has 0 atom stereocenters. The molecule has 4 rings (SSSR count). The lowest BCUT2D eigenvalue weighted by atomic mass is 10.0. The third-order valence-electron chi connectivity index (χ3n) is 4.95. The Kier molecular flexibility index (Phi) is 5.05. The van der Waals surface area contributed by atoms with Crippen LogP contribution >= 0.6 is 0 Å². The molecule has 146 valence electrons. The van der Waals surface area contributed by atoms with E-state index in [9.17, 15) is 4.79 Å². The molecule has 6 nitrogen and oxygen atoms in total. The SMILES string of the molecule is Cc1ccc(C(C)C)c(OCC(=O)Nc2ccc3c(c2)nc2n3CCOC2)c1. The molecule has 2 heterocycles. The lowest BCUT2D eigenvalue weighted by Gasteiger charge is -2.15. The number of carbonyl (C=O) groups excluding carboxylic acids is 1. The Morgan fingerprint density at radius 3 is 2.96 bits per heavy atom. The molecule has 0 aliphatic carbocycles. The largest absolute Gasteiger partial charge is 0.483 e. The number of aryl methyl sites for hydroxylation is 1. The number of carbonyl (C=O) groups is 1. The topological polar surface area (TPSA) is 65.4 Å². The van der Waals surface area contributed by atoms with Gasteiger partial charge in [0, 0.05) is 12.2 Å². The molecular formula is C22H25N3O3. The van der Waals surface area contributed by atoms with Crippen LogP contribution in [0.25, 0.3) is 11.0 Å². The maximum atomic E-state index is 12.4. The summed E-state index contributed by atoms with van der Waals surface area (Å²) in [5, 5.41) is 2.90. The zero-order valence-corrected chi connectivity index (χ0v) is 16.5. The van der Waals surface area contributed by atoms with Crippen LogP contribution in [0.4, 0.5) is 5.69 Å². The minimum atomic E-state index is -0.192. The van der Waals surface area contributed by atoms with Gasteiger partial charge in [0.25, 0.3) is 5.91 Å². The summed E-state index contributed by atoms with van der Waals surface area (Å²) in [7, 11) is 0. The van der Waals surface area contributed by atoms with Gasteiger partial charge in [0.2, 0.25) is 0 Å². The molecule has 0 bridgehead atoms. The fourth-order valence-electron chi connectivity index (χ4n) is 3.52. The average molecular weight is 379 g/mol. The summed E-state index contributed by atoms with van der Waals surface area (Å²) in [5.74, 6) is 1.83. The molecule has 0 fully saturated rings. The first-order chi connectivity index (χ1) is 13.5. The zero-order chi connectivity index (χ0) is 19.7. The van der Waals surface area contributed by atoms with E-state index in [0.717, 1.165) is 40.3 Å². The van der Waals surface area contributed by atoms with Crippen LogP contribution in [0.15, 0.2) is 36.4 Å². The fraction of sp³-hybridized carbons (Fsp3) is 0.364.